The van der Waals surface area contributed by atoms with Crippen LogP contribution in [0.4, 0.5) is 8.78 Å². The Hall–Kier alpha value is -0.480. The minimum absolute atomic E-state index is 0. The molecule has 0 fully saturated rings. The van der Waals surface area contributed by atoms with Gasteiger partial charge < -0.3 is 10.5 Å². The SMILES string of the molecule is COc1ccc(Br)cc1S(=O)(=O)NCC(F)(F)CN.Cl. The number of sulfonamides is 1. The highest BCUT2D eigenvalue weighted by Crippen LogP contribution is 2.27. The molecule has 0 bridgehead atoms. The lowest BCUT2D eigenvalue weighted by Gasteiger charge is -2.16. The second kappa shape index (κ2) is 7.51. The van der Waals surface area contributed by atoms with Gasteiger partial charge in [-0.1, -0.05) is 15.9 Å². The van der Waals surface area contributed by atoms with Crippen LogP contribution in [0, 0.1) is 0 Å². The van der Waals surface area contributed by atoms with Crippen LogP contribution in [0.25, 0.3) is 0 Å². The maximum Gasteiger partial charge on any atom is 0.273 e. The molecule has 0 atom stereocenters. The van der Waals surface area contributed by atoms with E-state index in [4.69, 9.17) is 10.5 Å². The molecule has 0 heterocycles. The zero-order valence-electron chi connectivity index (χ0n) is 10.4. The van der Waals surface area contributed by atoms with Crippen LogP contribution in [-0.4, -0.2) is 34.5 Å². The van der Waals surface area contributed by atoms with Crippen molar-refractivity contribution in [2.45, 2.75) is 10.8 Å². The van der Waals surface area contributed by atoms with Gasteiger partial charge in [0, 0.05) is 4.47 Å². The molecule has 1 aromatic carbocycles. The third-order valence-corrected chi connectivity index (χ3v) is 4.15. The topological polar surface area (TPSA) is 81.4 Å². The van der Waals surface area contributed by atoms with E-state index in [0.29, 0.717) is 4.47 Å². The smallest absolute Gasteiger partial charge is 0.273 e. The molecule has 116 valence electrons. The van der Waals surface area contributed by atoms with E-state index >= 15 is 0 Å². The number of nitrogens with two attached hydrogens (primary N) is 1. The number of hydrogen-bond donors (Lipinski definition) is 2. The lowest BCUT2D eigenvalue weighted by Crippen LogP contribution is -2.41. The lowest BCUT2D eigenvalue weighted by molar-refractivity contribution is 0.0170. The number of alkyl halides is 2. The van der Waals surface area contributed by atoms with E-state index in [1.807, 2.05) is 4.72 Å². The number of benzene rings is 1. The maximum absolute atomic E-state index is 13.0. The average Bonchev–Trinajstić information content (AvgIpc) is 2.37. The highest BCUT2D eigenvalue weighted by atomic mass is 79.9. The molecule has 0 aliphatic rings. The second-order valence-electron chi connectivity index (χ2n) is 3.68. The molecule has 0 spiro atoms. The van der Waals surface area contributed by atoms with Crippen LogP contribution in [0.1, 0.15) is 0 Å². The highest BCUT2D eigenvalue weighted by molar-refractivity contribution is 9.10. The summed E-state index contributed by atoms with van der Waals surface area (Å²) in [5.41, 5.74) is 4.84. The van der Waals surface area contributed by atoms with Crippen LogP contribution in [-0.2, 0) is 10.0 Å². The van der Waals surface area contributed by atoms with Crippen LogP contribution in [0.2, 0.25) is 0 Å². The summed E-state index contributed by atoms with van der Waals surface area (Å²) in [4.78, 5) is -0.225. The Morgan fingerprint density at radius 2 is 2.05 bits per heavy atom. The Bertz CT molecular complexity index is 557. The van der Waals surface area contributed by atoms with Crippen molar-refractivity contribution in [3.63, 3.8) is 0 Å². The molecule has 0 saturated carbocycles. The second-order valence-corrected chi connectivity index (χ2v) is 6.33. The predicted octanol–water partition coefficient (Wildman–Crippen LogP) is 1.75. The first kappa shape index (κ1) is 19.5. The Morgan fingerprint density at radius 1 is 1.45 bits per heavy atom. The zero-order chi connectivity index (χ0) is 14.7. The largest absolute Gasteiger partial charge is 0.495 e. The van der Waals surface area contributed by atoms with Gasteiger partial charge in [0.2, 0.25) is 10.0 Å². The van der Waals surface area contributed by atoms with Gasteiger partial charge in [-0.05, 0) is 18.2 Å². The summed E-state index contributed by atoms with van der Waals surface area (Å²) in [6, 6.07) is 4.26. The molecule has 0 amide bonds. The van der Waals surface area contributed by atoms with Crippen molar-refractivity contribution in [1.82, 2.24) is 4.72 Å². The Morgan fingerprint density at radius 3 is 2.55 bits per heavy atom. The predicted molar refractivity (Wildman–Crippen MR) is 77.1 cm³/mol. The maximum atomic E-state index is 13.0. The first-order chi connectivity index (χ1) is 8.72. The van der Waals surface area contributed by atoms with Gasteiger partial charge in [0.15, 0.2) is 0 Å². The number of methoxy groups -OCH3 is 1. The number of hydrogen-bond acceptors (Lipinski definition) is 4. The van der Waals surface area contributed by atoms with Gasteiger partial charge in [0.05, 0.1) is 20.2 Å². The van der Waals surface area contributed by atoms with Gasteiger partial charge in [0.25, 0.3) is 5.92 Å². The van der Waals surface area contributed by atoms with Crippen molar-refractivity contribution in [2.75, 3.05) is 20.2 Å². The number of ether oxygens (including phenoxy) is 1. The van der Waals surface area contributed by atoms with E-state index in [0.717, 1.165) is 0 Å². The number of nitrogens with one attached hydrogen (secondary N) is 1. The van der Waals surface area contributed by atoms with Crippen molar-refractivity contribution in [2.24, 2.45) is 5.73 Å². The van der Waals surface area contributed by atoms with Gasteiger partial charge in [-0.2, -0.15) is 0 Å². The molecule has 0 aromatic heterocycles. The minimum Gasteiger partial charge on any atom is -0.495 e. The summed E-state index contributed by atoms with van der Waals surface area (Å²) in [7, 11) is -2.82. The normalized spacial score (nSPS) is 11.8. The van der Waals surface area contributed by atoms with Crippen LogP contribution in [0.5, 0.6) is 5.75 Å². The van der Waals surface area contributed by atoms with Gasteiger partial charge in [-0.3, -0.25) is 0 Å². The van der Waals surface area contributed by atoms with E-state index in [1.54, 1.807) is 6.07 Å². The molecule has 1 rings (SSSR count). The zero-order valence-corrected chi connectivity index (χ0v) is 13.6. The monoisotopic (exact) mass is 394 g/mol. The highest BCUT2D eigenvalue weighted by Gasteiger charge is 2.30. The quantitative estimate of drug-likeness (QED) is 0.769. The van der Waals surface area contributed by atoms with Crippen molar-refractivity contribution in [1.29, 1.82) is 0 Å². The van der Waals surface area contributed by atoms with Crippen molar-refractivity contribution in [3.05, 3.63) is 22.7 Å². The van der Waals surface area contributed by atoms with Gasteiger partial charge in [0.1, 0.15) is 10.6 Å². The molecule has 10 heteroatoms. The summed E-state index contributed by atoms with van der Waals surface area (Å²) in [6.07, 6.45) is 0. The van der Waals surface area contributed by atoms with Crippen molar-refractivity contribution < 1.29 is 21.9 Å². The van der Waals surface area contributed by atoms with Gasteiger partial charge >= 0.3 is 0 Å². The van der Waals surface area contributed by atoms with Crippen molar-refractivity contribution >= 4 is 38.4 Å². The first-order valence-electron chi connectivity index (χ1n) is 5.13. The summed E-state index contributed by atoms with van der Waals surface area (Å²) in [5, 5.41) is 0. The molecule has 5 nitrogen and oxygen atoms in total. The van der Waals surface area contributed by atoms with Crippen molar-refractivity contribution in [3.8, 4) is 5.75 Å². The molecule has 0 radical (unpaired) electrons. The van der Waals surface area contributed by atoms with Gasteiger partial charge in [-0.25, -0.2) is 21.9 Å². The molecule has 3 N–H and O–H groups in total. The Kier molecular flexibility index (Phi) is 7.33. The average molecular weight is 396 g/mol. The van der Waals surface area contributed by atoms with E-state index in [1.165, 1.54) is 19.2 Å². The van der Waals surface area contributed by atoms with Gasteiger partial charge in [-0.15, -0.1) is 12.4 Å². The van der Waals surface area contributed by atoms with E-state index in [2.05, 4.69) is 15.9 Å². The molecule has 0 aliphatic heterocycles. The fraction of sp³-hybridized carbons (Fsp3) is 0.400. The molecule has 0 unspecified atom stereocenters. The van der Waals surface area contributed by atoms with Crippen LogP contribution in [0.3, 0.4) is 0 Å². The number of halogens is 4. The molecule has 0 saturated heterocycles. The van der Waals surface area contributed by atoms with Crippen LogP contribution >= 0.6 is 28.3 Å². The molecular formula is C10H14BrClF2N2O3S. The fourth-order valence-corrected chi connectivity index (χ4v) is 2.98. The Balaban J connectivity index is 0.00000361. The van der Waals surface area contributed by atoms with E-state index in [-0.39, 0.29) is 23.1 Å². The number of rotatable bonds is 6. The first-order valence-corrected chi connectivity index (χ1v) is 7.40. The summed E-state index contributed by atoms with van der Waals surface area (Å²) in [5.74, 6) is -3.24. The third kappa shape index (κ3) is 5.13. The molecule has 1 aromatic rings. The summed E-state index contributed by atoms with van der Waals surface area (Å²) < 4.78 is 57.0. The minimum atomic E-state index is -4.11. The van der Waals surface area contributed by atoms with E-state index in [9.17, 15) is 17.2 Å². The Labute approximate surface area is 130 Å². The standard InChI is InChI=1S/C10H13BrF2N2O3S.ClH/c1-18-8-3-2-7(11)4-9(8)19(16,17)15-6-10(12,13)5-14;/h2-4,15H,5-6,14H2,1H3;1H. The molecular weight excluding hydrogens is 382 g/mol. The molecule has 20 heavy (non-hydrogen) atoms. The summed E-state index contributed by atoms with van der Waals surface area (Å²) in [6.45, 7) is -2.01. The van der Waals surface area contributed by atoms with Crippen LogP contribution < -0.4 is 15.2 Å². The molecule has 0 aliphatic carbocycles. The fourth-order valence-electron chi connectivity index (χ4n) is 1.21. The third-order valence-electron chi connectivity index (χ3n) is 2.23. The van der Waals surface area contributed by atoms with Crippen LogP contribution in [0.15, 0.2) is 27.6 Å². The van der Waals surface area contributed by atoms with E-state index < -0.39 is 29.0 Å². The summed E-state index contributed by atoms with van der Waals surface area (Å²) >= 11 is 3.11. The lowest BCUT2D eigenvalue weighted by atomic mass is 10.3.